The van der Waals surface area contributed by atoms with Gasteiger partial charge < -0.3 is 4.57 Å². The van der Waals surface area contributed by atoms with Crippen LogP contribution in [0.3, 0.4) is 0 Å². The second-order valence-electron chi connectivity index (χ2n) is 5.28. The zero-order valence-electron chi connectivity index (χ0n) is 12.8. The van der Waals surface area contributed by atoms with Crippen molar-refractivity contribution in [2.24, 2.45) is 0 Å². The van der Waals surface area contributed by atoms with Gasteiger partial charge in [-0.15, -0.1) is 0 Å². The molecule has 24 heavy (non-hydrogen) atoms. The van der Waals surface area contributed by atoms with Gasteiger partial charge in [0.1, 0.15) is 0 Å². The highest BCUT2D eigenvalue weighted by Gasteiger charge is 2.18. The van der Waals surface area contributed by atoms with E-state index in [0.29, 0.717) is 12.5 Å². The van der Waals surface area contributed by atoms with Gasteiger partial charge in [0.15, 0.2) is 11.6 Å². The third kappa shape index (κ3) is 2.97. The molecule has 0 bridgehead atoms. The Morgan fingerprint density at radius 2 is 1.96 bits per heavy atom. The van der Waals surface area contributed by atoms with Crippen molar-refractivity contribution in [3.05, 3.63) is 58.6 Å². The Hall–Kier alpha value is -2.47. The van der Waals surface area contributed by atoms with E-state index in [2.05, 4.69) is 10.3 Å². The normalized spacial score (nSPS) is 11.0. The first-order chi connectivity index (χ1) is 11.5. The molecule has 0 radical (unpaired) electrons. The molecule has 1 amide bonds. The van der Waals surface area contributed by atoms with Crippen LogP contribution in [0.25, 0.3) is 11.0 Å². The summed E-state index contributed by atoms with van der Waals surface area (Å²) in [5.41, 5.74) is 1.47. The largest absolute Gasteiger partial charge is 0.310 e. The molecule has 1 N–H and O–H groups in total. The van der Waals surface area contributed by atoms with Crippen LogP contribution in [-0.4, -0.2) is 15.5 Å². The summed E-state index contributed by atoms with van der Waals surface area (Å²) in [6.07, 6.45) is 0.842. The molecule has 0 unspecified atom stereocenters. The third-order valence-electron chi connectivity index (χ3n) is 3.58. The number of imidazole rings is 1. The molecule has 4 nitrogen and oxygen atoms in total. The van der Waals surface area contributed by atoms with Crippen LogP contribution in [-0.2, 0) is 6.54 Å². The second kappa shape index (κ2) is 6.57. The number of nitrogens with zero attached hydrogens (tertiary/aromatic N) is 2. The number of aryl methyl sites for hydroxylation is 1. The van der Waals surface area contributed by atoms with E-state index >= 15 is 0 Å². The van der Waals surface area contributed by atoms with Crippen molar-refractivity contribution in [1.29, 1.82) is 0 Å². The highest BCUT2D eigenvalue weighted by atomic mass is 35.5. The minimum Gasteiger partial charge on any atom is -0.310 e. The van der Waals surface area contributed by atoms with Crippen LogP contribution in [0.1, 0.15) is 23.7 Å². The van der Waals surface area contributed by atoms with Crippen molar-refractivity contribution in [2.75, 3.05) is 5.32 Å². The van der Waals surface area contributed by atoms with Crippen LogP contribution < -0.4 is 5.32 Å². The first-order valence-electron chi connectivity index (χ1n) is 7.42. The van der Waals surface area contributed by atoms with Crippen molar-refractivity contribution >= 4 is 34.5 Å². The van der Waals surface area contributed by atoms with Crippen molar-refractivity contribution in [1.82, 2.24) is 9.55 Å². The van der Waals surface area contributed by atoms with Gasteiger partial charge in [-0.1, -0.05) is 30.7 Å². The van der Waals surface area contributed by atoms with E-state index in [9.17, 15) is 13.6 Å². The third-order valence-corrected chi connectivity index (χ3v) is 3.89. The summed E-state index contributed by atoms with van der Waals surface area (Å²) in [5, 5.41) is 2.47. The molecular formula is C17H14ClF2N3O. The molecule has 1 aromatic heterocycles. The molecule has 0 aliphatic heterocycles. The van der Waals surface area contributed by atoms with Crippen molar-refractivity contribution in [3.63, 3.8) is 0 Å². The summed E-state index contributed by atoms with van der Waals surface area (Å²) in [7, 11) is 0. The number of nitrogens with one attached hydrogen (secondary N) is 1. The number of rotatable bonds is 4. The summed E-state index contributed by atoms with van der Waals surface area (Å²) in [4.78, 5) is 16.8. The summed E-state index contributed by atoms with van der Waals surface area (Å²) in [5.74, 6) is -2.54. The van der Waals surface area contributed by atoms with Crippen LogP contribution in [0.2, 0.25) is 5.02 Å². The smallest absolute Gasteiger partial charge is 0.259 e. The number of amides is 1. The van der Waals surface area contributed by atoms with Gasteiger partial charge >= 0.3 is 0 Å². The van der Waals surface area contributed by atoms with E-state index in [0.717, 1.165) is 29.6 Å². The van der Waals surface area contributed by atoms with Gasteiger partial charge in [-0.3, -0.25) is 10.1 Å². The first-order valence-corrected chi connectivity index (χ1v) is 7.80. The minimum atomic E-state index is -1.13. The van der Waals surface area contributed by atoms with Crippen molar-refractivity contribution in [3.8, 4) is 0 Å². The monoisotopic (exact) mass is 349 g/mol. The predicted octanol–water partition coefficient (Wildman–Crippen LogP) is 4.63. The van der Waals surface area contributed by atoms with Gasteiger partial charge in [0.05, 0.1) is 21.6 Å². The molecule has 0 spiro atoms. The van der Waals surface area contributed by atoms with E-state index in [1.54, 1.807) is 0 Å². The lowest BCUT2D eigenvalue weighted by Gasteiger charge is -2.10. The number of halogens is 3. The number of anilines is 1. The number of hydrogen-bond acceptors (Lipinski definition) is 2. The molecule has 124 valence electrons. The molecule has 3 aromatic rings. The van der Waals surface area contributed by atoms with Gasteiger partial charge in [-0.2, -0.15) is 0 Å². The molecule has 0 aliphatic carbocycles. The molecule has 0 aliphatic rings. The molecule has 0 atom stereocenters. The lowest BCUT2D eigenvalue weighted by atomic mass is 10.2. The Morgan fingerprint density at radius 3 is 2.71 bits per heavy atom. The number of fused-ring (bicyclic) bond motifs is 1. The van der Waals surface area contributed by atoms with E-state index in [1.165, 1.54) is 0 Å². The number of hydrogen-bond donors (Lipinski definition) is 1. The summed E-state index contributed by atoms with van der Waals surface area (Å²) >= 11 is 5.85. The maximum Gasteiger partial charge on any atom is 0.259 e. The first kappa shape index (κ1) is 16.4. The lowest BCUT2D eigenvalue weighted by molar-refractivity contribution is 0.102. The summed E-state index contributed by atoms with van der Waals surface area (Å²) in [6.45, 7) is 2.66. The predicted molar refractivity (Wildman–Crippen MR) is 89.3 cm³/mol. The fraction of sp³-hybridized carbons (Fsp3) is 0.176. The number of aromatic nitrogens is 2. The van der Waals surface area contributed by atoms with Crippen LogP contribution in [0.15, 0.2) is 36.4 Å². The van der Waals surface area contributed by atoms with E-state index in [1.807, 2.05) is 35.8 Å². The maximum absolute atomic E-state index is 13.4. The number of benzene rings is 2. The highest BCUT2D eigenvalue weighted by molar-refractivity contribution is 6.34. The van der Waals surface area contributed by atoms with Gasteiger partial charge in [0.2, 0.25) is 5.95 Å². The molecule has 0 saturated carbocycles. The summed E-state index contributed by atoms with van der Waals surface area (Å²) in [6, 6.07) is 9.03. The van der Waals surface area contributed by atoms with Crippen molar-refractivity contribution < 1.29 is 13.6 Å². The van der Waals surface area contributed by atoms with E-state index in [-0.39, 0.29) is 10.6 Å². The molecule has 0 saturated heterocycles. The molecule has 1 heterocycles. The Balaban J connectivity index is 1.99. The quantitative estimate of drug-likeness (QED) is 0.698. The van der Waals surface area contributed by atoms with Crippen LogP contribution in [0.5, 0.6) is 0 Å². The molecule has 7 heteroatoms. The minimum absolute atomic E-state index is 0.148. The number of para-hydroxylation sites is 2. The Kier molecular flexibility index (Phi) is 4.49. The number of carbonyl (C=O) groups excluding carboxylic acids is 1. The van der Waals surface area contributed by atoms with E-state index in [4.69, 9.17) is 11.6 Å². The Labute approximate surface area is 142 Å². The molecule has 0 fully saturated rings. The van der Waals surface area contributed by atoms with Gasteiger partial charge in [0, 0.05) is 6.54 Å². The fourth-order valence-corrected chi connectivity index (χ4v) is 2.72. The van der Waals surface area contributed by atoms with Gasteiger partial charge in [-0.05, 0) is 30.7 Å². The van der Waals surface area contributed by atoms with Crippen molar-refractivity contribution in [2.45, 2.75) is 19.9 Å². The second-order valence-corrected chi connectivity index (χ2v) is 5.68. The van der Waals surface area contributed by atoms with Gasteiger partial charge in [-0.25, -0.2) is 13.8 Å². The fourth-order valence-electron chi connectivity index (χ4n) is 2.49. The zero-order chi connectivity index (χ0) is 17.3. The van der Waals surface area contributed by atoms with Gasteiger partial charge in [0.25, 0.3) is 5.91 Å². The summed E-state index contributed by atoms with van der Waals surface area (Å²) < 4.78 is 28.4. The molecule has 3 rings (SSSR count). The van der Waals surface area contributed by atoms with Crippen LogP contribution in [0, 0.1) is 11.6 Å². The Morgan fingerprint density at radius 1 is 1.25 bits per heavy atom. The molecular weight excluding hydrogens is 336 g/mol. The van der Waals surface area contributed by atoms with E-state index < -0.39 is 17.5 Å². The zero-order valence-corrected chi connectivity index (χ0v) is 13.6. The van der Waals surface area contributed by atoms with Crippen LogP contribution in [0.4, 0.5) is 14.7 Å². The Bertz CT molecular complexity index is 924. The lowest BCUT2D eigenvalue weighted by Crippen LogP contribution is -2.17. The van der Waals surface area contributed by atoms with Crippen LogP contribution >= 0.6 is 11.6 Å². The topological polar surface area (TPSA) is 46.9 Å². The maximum atomic E-state index is 13.4. The SMILES string of the molecule is CCCn1c(NC(=O)c2cc(F)c(F)cc2Cl)nc2ccccc21. The molecule has 2 aromatic carbocycles. The average Bonchev–Trinajstić information content (AvgIpc) is 2.89. The standard InChI is InChI=1S/C17H14ClF2N3O/c1-2-7-23-15-6-4-3-5-14(15)21-17(23)22-16(24)10-8-12(19)13(20)9-11(10)18/h3-6,8-9H,2,7H2,1H3,(H,21,22,24). The average molecular weight is 350 g/mol. The highest BCUT2D eigenvalue weighted by Crippen LogP contribution is 2.23. The number of carbonyl (C=O) groups is 1.